The van der Waals surface area contributed by atoms with Gasteiger partial charge in [0.2, 0.25) is 11.9 Å². The fraction of sp³-hybridized carbons (Fsp3) is 0.550. The number of benzene rings is 1. The van der Waals surface area contributed by atoms with Crippen molar-refractivity contribution in [2.24, 2.45) is 5.92 Å². The molecule has 0 aliphatic carbocycles. The minimum absolute atomic E-state index is 0.0173. The van der Waals surface area contributed by atoms with Gasteiger partial charge in [0, 0.05) is 36.7 Å². The van der Waals surface area contributed by atoms with E-state index in [1.54, 1.807) is 18.2 Å². The summed E-state index contributed by atoms with van der Waals surface area (Å²) in [4.78, 5) is 23.9. The highest BCUT2D eigenvalue weighted by Crippen LogP contribution is 2.25. The number of aromatic nitrogens is 2. The summed E-state index contributed by atoms with van der Waals surface area (Å²) in [6, 6.07) is 5.15. The maximum atomic E-state index is 12.4. The van der Waals surface area contributed by atoms with Crippen LogP contribution in [0.4, 0.5) is 5.95 Å². The standard InChI is InChI=1S/C20H28N4O3S/c1-5-13(2)21-19(25)15-8-10-24(11-9-15)20-22-14(3)17-7-6-16(28(4,26)27)12-18(17)23-20/h6-7,12-13,15H,5,8-11H2,1-4H3,(H,21,25)/t13-/m0/s1. The van der Waals surface area contributed by atoms with Crippen LogP contribution in [0.25, 0.3) is 10.9 Å². The first-order valence-corrected chi connectivity index (χ1v) is 11.6. The van der Waals surface area contributed by atoms with Crippen LogP contribution < -0.4 is 10.2 Å². The third-order valence-corrected chi connectivity index (χ3v) is 6.54. The van der Waals surface area contributed by atoms with Crippen LogP contribution in [-0.2, 0) is 14.6 Å². The largest absolute Gasteiger partial charge is 0.353 e. The molecule has 1 aliphatic rings. The van der Waals surface area contributed by atoms with Gasteiger partial charge >= 0.3 is 0 Å². The van der Waals surface area contributed by atoms with Gasteiger partial charge in [-0.05, 0) is 51.3 Å². The molecule has 7 nitrogen and oxygen atoms in total. The molecule has 1 aliphatic heterocycles. The number of nitrogens with zero attached hydrogens (tertiary/aromatic N) is 3. The van der Waals surface area contributed by atoms with Crippen molar-refractivity contribution in [3.8, 4) is 0 Å². The molecule has 1 aromatic heterocycles. The van der Waals surface area contributed by atoms with Crippen molar-refractivity contribution in [2.75, 3.05) is 24.2 Å². The molecule has 1 atom stereocenters. The monoisotopic (exact) mass is 404 g/mol. The number of sulfone groups is 1. The number of carbonyl (C=O) groups is 1. The van der Waals surface area contributed by atoms with Gasteiger partial charge in [-0.3, -0.25) is 4.79 Å². The zero-order valence-electron chi connectivity index (χ0n) is 16.9. The lowest BCUT2D eigenvalue weighted by Gasteiger charge is -2.32. The number of piperidine rings is 1. The number of amides is 1. The van der Waals surface area contributed by atoms with Crippen LogP contribution in [0.2, 0.25) is 0 Å². The number of aryl methyl sites for hydroxylation is 1. The first-order chi connectivity index (χ1) is 13.2. The molecule has 1 N–H and O–H groups in total. The Labute approximate surface area is 166 Å². The Morgan fingerprint density at radius 3 is 2.57 bits per heavy atom. The molecule has 1 fully saturated rings. The Morgan fingerprint density at radius 2 is 1.96 bits per heavy atom. The fourth-order valence-corrected chi connectivity index (χ4v) is 4.07. The molecule has 2 heterocycles. The second kappa shape index (κ2) is 8.03. The molecule has 1 amide bonds. The van der Waals surface area contributed by atoms with Crippen molar-refractivity contribution in [3.05, 3.63) is 23.9 Å². The van der Waals surface area contributed by atoms with Gasteiger partial charge in [0.1, 0.15) is 0 Å². The van der Waals surface area contributed by atoms with Gasteiger partial charge in [0.15, 0.2) is 9.84 Å². The van der Waals surface area contributed by atoms with Crippen molar-refractivity contribution >= 4 is 32.6 Å². The van der Waals surface area contributed by atoms with E-state index in [1.807, 2.05) is 13.8 Å². The summed E-state index contributed by atoms with van der Waals surface area (Å²) in [5, 5.41) is 3.91. The van der Waals surface area contributed by atoms with Crippen LogP contribution in [0.15, 0.2) is 23.1 Å². The van der Waals surface area contributed by atoms with E-state index < -0.39 is 9.84 Å². The lowest BCUT2D eigenvalue weighted by atomic mass is 9.95. The number of fused-ring (bicyclic) bond motifs is 1. The summed E-state index contributed by atoms with van der Waals surface area (Å²) >= 11 is 0. The highest BCUT2D eigenvalue weighted by molar-refractivity contribution is 7.90. The van der Waals surface area contributed by atoms with Gasteiger partial charge in [0.05, 0.1) is 16.1 Å². The third-order valence-electron chi connectivity index (χ3n) is 5.42. The number of nitrogens with one attached hydrogen (secondary N) is 1. The summed E-state index contributed by atoms with van der Waals surface area (Å²) in [5.41, 5.74) is 1.44. The van der Waals surface area contributed by atoms with E-state index in [1.165, 1.54) is 6.26 Å². The Morgan fingerprint density at radius 1 is 1.29 bits per heavy atom. The summed E-state index contributed by atoms with van der Waals surface area (Å²) in [7, 11) is -3.29. The molecule has 2 aromatic rings. The van der Waals surface area contributed by atoms with Gasteiger partial charge < -0.3 is 10.2 Å². The van der Waals surface area contributed by atoms with E-state index in [0.717, 1.165) is 30.3 Å². The minimum atomic E-state index is -3.29. The molecule has 0 saturated carbocycles. The Hall–Kier alpha value is -2.22. The lowest BCUT2D eigenvalue weighted by Crippen LogP contribution is -2.43. The molecule has 0 unspecified atom stereocenters. The SMILES string of the molecule is CC[C@H](C)NC(=O)C1CCN(c2nc(C)c3ccc(S(C)(=O)=O)cc3n2)CC1. The molecular weight excluding hydrogens is 376 g/mol. The van der Waals surface area contributed by atoms with E-state index in [4.69, 9.17) is 0 Å². The quantitative estimate of drug-likeness (QED) is 0.823. The summed E-state index contributed by atoms with van der Waals surface area (Å²) in [6.07, 6.45) is 3.63. The summed E-state index contributed by atoms with van der Waals surface area (Å²) in [6.45, 7) is 7.39. The van der Waals surface area contributed by atoms with Crippen LogP contribution in [-0.4, -0.2) is 49.7 Å². The highest BCUT2D eigenvalue weighted by Gasteiger charge is 2.27. The van der Waals surface area contributed by atoms with Crippen molar-refractivity contribution in [1.29, 1.82) is 0 Å². The molecule has 152 valence electrons. The van der Waals surface area contributed by atoms with Gasteiger partial charge in [0.25, 0.3) is 0 Å². The average molecular weight is 405 g/mol. The number of hydrogen-bond donors (Lipinski definition) is 1. The number of carbonyl (C=O) groups excluding carboxylic acids is 1. The van der Waals surface area contributed by atoms with E-state index in [9.17, 15) is 13.2 Å². The molecular formula is C20H28N4O3S. The van der Waals surface area contributed by atoms with Crippen LogP contribution in [0.3, 0.4) is 0 Å². The van der Waals surface area contributed by atoms with Gasteiger partial charge in [-0.25, -0.2) is 18.4 Å². The van der Waals surface area contributed by atoms with E-state index in [0.29, 0.717) is 24.6 Å². The van der Waals surface area contributed by atoms with Gasteiger partial charge in [-0.15, -0.1) is 0 Å². The molecule has 0 spiro atoms. The first kappa shape index (κ1) is 20.5. The smallest absolute Gasteiger partial charge is 0.226 e. The maximum absolute atomic E-state index is 12.4. The molecule has 8 heteroatoms. The van der Waals surface area contributed by atoms with E-state index >= 15 is 0 Å². The Kier molecular flexibility index (Phi) is 5.88. The maximum Gasteiger partial charge on any atom is 0.226 e. The zero-order chi connectivity index (χ0) is 20.5. The zero-order valence-corrected chi connectivity index (χ0v) is 17.7. The summed E-state index contributed by atoms with van der Waals surface area (Å²) in [5.74, 6) is 0.738. The van der Waals surface area contributed by atoms with E-state index in [2.05, 4.69) is 27.1 Å². The molecule has 1 aromatic carbocycles. The van der Waals surface area contributed by atoms with Crippen molar-refractivity contribution in [2.45, 2.75) is 51.0 Å². The van der Waals surface area contributed by atoms with Crippen molar-refractivity contribution in [3.63, 3.8) is 0 Å². The molecule has 28 heavy (non-hydrogen) atoms. The van der Waals surface area contributed by atoms with Crippen LogP contribution >= 0.6 is 0 Å². The first-order valence-electron chi connectivity index (χ1n) is 9.72. The number of anilines is 1. The van der Waals surface area contributed by atoms with Crippen molar-refractivity contribution < 1.29 is 13.2 Å². The molecule has 3 rings (SSSR count). The van der Waals surface area contributed by atoms with Crippen LogP contribution in [0.1, 0.15) is 38.8 Å². The lowest BCUT2D eigenvalue weighted by molar-refractivity contribution is -0.126. The Balaban J connectivity index is 1.78. The van der Waals surface area contributed by atoms with Gasteiger partial charge in [-0.1, -0.05) is 6.92 Å². The Bertz CT molecular complexity index is 982. The van der Waals surface area contributed by atoms with Gasteiger partial charge in [-0.2, -0.15) is 0 Å². The fourth-order valence-electron chi connectivity index (χ4n) is 3.43. The molecule has 0 radical (unpaired) electrons. The highest BCUT2D eigenvalue weighted by atomic mass is 32.2. The minimum Gasteiger partial charge on any atom is -0.353 e. The molecule has 1 saturated heterocycles. The van der Waals surface area contributed by atoms with Crippen LogP contribution in [0.5, 0.6) is 0 Å². The second-order valence-electron chi connectivity index (χ2n) is 7.64. The predicted molar refractivity (Wildman–Crippen MR) is 110 cm³/mol. The average Bonchev–Trinajstić information content (AvgIpc) is 2.66. The topological polar surface area (TPSA) is 92.3 Å². The number of rotatable bonds is 5. The van der Waals surface area contributed by atoms with Crippen LogP contribution in [0, 0.1) is 12.8 Å². The summed E-state index contributed by atoms with van der Waals surface area (Å²) < 4.78 is 23.7. The van der Waals surface area contributed by atoms with E-state index in [-0.39, 0.29) is 22.8 Å². The van der Waals surface area contributed by atoms with Crippen molar-refractivity contribution in [1.82, 2.24) is 15.3 Å². The normalized spacial score (nSPS) is 16.9. The third kappa shape index (κ3) is 4.43. The number of hydrogen-bond acceptors (Lipinski definition) is 6. The predicted octanol–water partition coefficient (Wildman–Crippen LogP) is 2.47. The second-order valence-corrected chi connectivity index (χ2v) is 9.66. The molecule has 0 bridgehead atoms.